The molecule has 0 aromatic heterocycles. The zero-order valence-corrected chi connectivity index (χ0v) is 11.8. The van der Waals surface area contributed by atoms with Crippen LogP contribution in [0.2, 0.25) is 0 Å². The van der Waals surface area contributed by atoms with Crippen LogP contribution in [0.1, 0.15) is 5.56 Å². The molecule has 0 unspecified atom stereocenters. The molecular weight excluding hydrogens is 254 g/mol. The molecule has 0 saturated carbocycles. The van der Waals surface area contributed by atoms with Gasteiger partial charge in [0.25, 0.3) is 0 Å². The molecule has 21 heavy (non-hydrogen) atoms. The molecule has 0 amide bonds. The highest BCUT2D eigenvalue weighted by Crippen LogP contribution is 2.25. The Bertz CT molecular complexity index is 648. The smallest absolute Gasteiger partial charge is 0.0455 e. The van der Waals surface area contributed by atoms with E-state index in [2.05, 4.69) is 90.0 Å². The summed E-state index contributed by atoms with van der Waals surface area (Å²) in [5.74, 6) is 0. The van der Waals surface area contributed by atoms with Crippen LogP contribution in [0.3, 0.4) is 0 Å². The van der Waals surface area contributed by atoms with Crippen molar-refractivity contribution in [3.05, 3.63) is 103 Å². The third-order valence-electron chi connectivity index (χ3n) is 3.28. The van der Waals surface area contributed by atoms with Crippen molar-refractivity contribution < 1.29 is 0 Å². The van der Waals surface area contributed by atoms with Crippen LogP contribution in [-0.4, -0.2) is 0 Å². The Hall–Kier alpha value is -2.80. The van der Waals surface area contributed by atoms with Crippen molar-refractivity contribution in [2.45, 2.75) is 0 Å². The van der Waals surface area contributed by atoms with Gasteiger partial charge in [0, 0.05) is 17.6 Å². The van der Waals surface area contributed by atoms with Crippen LogP contribution >= 0.6 is 0 Å². The summed E-state index contributed by atoms with van der Waals surface area (Å²) in [5, 5.41) is 0. The van der Waals surface area contributed by atoms with Crippen molar-refractivity contribution >= 4 is 17.5 Å². The predicted octanol–water partition coefficient (Wildman–Crippen LogP) is 5.50. The molecule has 0 fully saturated rings. The van der Waals surface area contributed by atoms with Crippen LogP contribution in [0.5, 0.6) is 0 Å². The van der Waals surface area contributed by atoms with Gasteiger partial charge in [-0.3, -0.25) is 0 Å². The van der Waals surface area contributed by atoms with E-state index in [0.717, 1.165) is 11.4 Å². The fourth-order valence-electron chi connectivity index (χ4n) is 2.22. The summed E-state index contributed by atoms with van der Waals surface area (Å²) >= 11 is 0. The average Bonchev–Trinajstić information content (AvgIpc) is 2.58. The maximum absolute atomic E-state index is 2.19. The van der Waals surface area contributed by atoms with E-state index >= 15 is 0 Å². The zero-order valence-electron chi connectivity index (χ0n) is 11.8. The third kappa shape index (κ3) is 3.40. The second-order valence-corrected chi connectivity index (χ2v) is 4.77. The molecule has 0 N–H and O–H groups in total. The van der Waals surface area contributed by atoms with E-state index in [9.17, 15) is 0 Å². The van der Waals surface area contributed by atoms with Gasteiger partial charge in [0.05, 0.1) is 0 Å². The first kappa shape index (κ1) is 13.2. The molecule has 0 aliphatic rings. The Balaban J connectivity index is 1.96. The highest BCUT2D eigenvalue weighted by molar-refractivity contribution is 5.69. The van der Waals surface area contributed by atoms with E-state index in [0.29, 0.717) is 0 Å². The second kappa shape index (κ2) is 6.58. The van der Waals surface area contributed by atoms with Crippen LogP contribution < -0.4 is 4.90 Å². The summed E-state index contributed by atoms with van der Waals surface area (Å²) in [6.07, 6.45) is 4.24. The van der Waals surface area contributed by atoms with Crippen LogP contribution in [-0.2, 0) is 0 Å². The number of nitrogens with zero attached hydrogens (tertiary/aromatic N) is 1. The minimum atomic E-state index is 1.15. The van der Waals surface area contributed by atoms with E-state index < -0.39 is 0 Å². The largest absolute Gasteiger partial charge is 0.317 e. The van der Waals surface area contributed by atoms with Crippen molar-refractivity contribution in [1.82, 2.24) is 0 Å². The summed E-state index contributed by atoms with van der Waals surface area (Å²) in [5.41, 5.74) is 3.49. The van der Waals surface area contributed by atoms with E-state index in [1.165, 1.54) is 5.56 Å². The Morgan fingerprint density at radius 3 is 1.43 bits per heavy atom. The first-order valence-corrected chi connectivity index (χ1v) is 7.06. The van der Waals surface area contributed by atoms with Gasteiger partial charge in [-0.05, 0) is 35.9 Å². The second-order valence-electron chi connectivity index (χ2n) is 4.77. The molecule has 3 rings (SSSR count). The summed E-state index contributed by atoms with van der Waals surface area (Å²) in [7, 11) is 0. The standard InChI is InChI=1S/C20H17N/c1-4-10-18(11-5-1)16-17-21(19-12-6-2-7-13-19)20-14-8-3-9-15-20/h1-17H/b17-16+. The molecule has 0 aliphatic carbocycles. The van der Waals surface area contributed by atoms with Gasteiger partial charge in [-0.25, -0.2) is 0 Å². The van der Waals surface area contributed by atoms with Gasteiger partial charge in [-0.2, -0.15) is 0 Å². The van der Waals surface area contributed by atoms with Crippen LogP contribution in [0.15, 0.2) is 97.2 Å². The molecule has 0 spiro atoms. The summed E-state index contributed by atoms with van der Waals surface area (Å²) < 4.78 is 0. The number of benzene rings is 3. The van der Waals surface area contributed by atoms with E-state index in [4.69, 9.17) is 0 Å². The number of para-hydroxylation sites is 2. The fraction of sp³-hybridized carbons (Fsp3) is 0. The van der Waals surface area contributed by atoms with E-state index in [1.54, 1.807) is 0 Å². The Labute approximate surface area is 125 Å². The van der Waals surface area contributed by atoms with Gasteiger partial charge in [-0.15, -0.1) is 0 Å². The molecule has 0 saturated heterocycles. The van der Waals surface area contributed by atoms with Crippen molar-refractivity contribution in [1.29, 1.82) is 0 Å². The lowest BCUT2D eigenvalue weighted by molar-refractivity contribution is 1.29. The van der Waals surface area contributed by atoms with Crippen LogP contribution in [0.4, 0.5) is 11.4 Å². The molecule has 1 nitrogen and oxygen atoms in total. The van der Waals surface area contributed by atoms with Gasteiger partial charge in [-0.1, -0.05) is 66.7 Å². The zero-order chi connectivity index (χ0) is 14.3. The van der Waals surface area contributed by atoms with E-state index in [1.807, 2.05) is 18.2 Å². The summed E-state index contributed by atoms with van der Waals surface area (Å²) in [6.45, 7) is 0. The molecule has 0 aliphatic heterocycles. The highest BCUT2D eigenvalue weighted by Gasteiger charge is 2.04. The molecule has 102 valence electrons. The topological polar surface area (TPSA) is 3.24 Å². The molecule has 0 heterocycles. The molecule has 0 bridgehead atoms. The molecule has 3 aromatic carbocycles. The van der Waals surface area contributed by atoms with Crippen molar-refractivity contribution in [2.24, 2.45) is 0 Å². The number of rotatable bonds is 4. The van der Waals surface area contributed by atoms with Crippen LogP contribution in [0.25, 0.3) is 6.08 Å². The normalized spacial score (nSPS) is 10.7. The fourth-order valence-corrected chi connectivity index (χ4v) is 2.22. The molecule has 1 heteroatoms. The van der Waals surface area contributed by atoms with Crippen molar-refractivity contribution in [3.63, 3.8) is 0 Å². The third-order valence-corrected chi connectivity index (χ3v) is 3.28. The maximum Gasteiger partial charge on any atom is 0.0455 e. The minimum absolute atomic E-state index is 1.15. The van der Waals surface area contributed by atoms with Gasteiger partial charge in [0.15, 0.2) is 0 Å². The first-order chi connectivity index (χ1) is 10.4. The maximum atomic E-state index is 2.19. The number of hydrogen-bond acceptors (Lipinski definition) is 1. The predicted molar refractivity (Wildman–Crippen MR) is 90.5 cm³/mol. The summed E-state index contributed by atoms with van der Waals surface area (Å²) in [4.78, 5) is 2.19. The van der Waals surface area contributed by atoms with Gasteiger partial charge >= 0.3 is 0 Å². The lowest BCUT2D eigenvalue weighted by Gasteiger charge is -2.20. The van der Waals surface area contributed by atoms with E-state index in [-0.39, 0.29) is 0 Å². The SMILES string of the molecule is C(=C\N(c1ccccc1)c1ccccc1)/c1ccccc1. The highest BCUT2D eigenvalue weighted by atomic mass is 15.1. The lowest BCUT2D eigenvalue weighted by Crippen LogP contribution is -2.07. The van der Waals surface area contributed by atoms with Crippen LogP contribution in [0, 0.1) is 0 Å². The number of hydrogen-bond donors (Lipinski definition) is 0. The van der Waals surface area contributed by atoms with Gasteiger partial charge < -0.3 is 4.90 Å². The van der Waals surface area contributed by atoms with Gasteiger partial charge in [0.2, 0.25) is 0 Å². The van der Waals surface area contributed by atoms with Crippen molar-refractivity contribution in [2.75, 3.05) is 4.90 Å². The molecule has 3 aromatic rings. The lowest BCUT2D eigenvalue weighted by atomic mass is 10.2. The Morgan fingerprint density at radius 1 is 0.524 bits per heavy atom. The average molecular weight is 271 g/mol. The molecular formula is C20H17N. The first-order valence-electron chi connectivity index (χ1n) is 7.06. The molecule has 0 atom stereocenters. The Morgan fingerprint density at radius 2 is 0.952 bits per heavy atom. The monoisotopic (exact) mass is 271 g/mol. The van der Waals surface area contributed by atoms with Gasteiger partial charge in [0.1, 0.15) is 0 Å². The summed E-state index contributed by atoms with van der Waals surface area (Å²) in [6, 6.07) is 31.1. The van der Waals surface area contributed by atoms with Crippen molar-refractivity contribution in [3.8, 4) is 0 Å². The quantitative estimate of drug-likeness (QED) is 0.606. The minimum Gasteiger partial charge on any atom is -0.317 e. The molecule has 0 radical (unpaired) electrons. The Kier molecular flexibility index (Phi) is 4.13. The number of anilines is 2.